The molecule has 0 bridgehead atoms. The smallest absolute Gasteiger partial charge is 0.258 e. The standard InChI is InChI=1S/C15H13N5OS2/c1-8-6-23-15-19-11(4-13(21)20(8)15)7-22-14-12(5-16)9(2)17-10(3)18-14/h4,6H,7H2,1-3H3. The highest BCUT2D eigenvalue weighted by atomic mass is 32.2. The summed E-state index contributed by atoms with van der Waals surface area (Å²) in [6.45, 7) is 5.47. The Morgan fingerprint density at radius 1 is 1.30 bits per heavy atom. The number of thiazole rings is 1. The van der Waals surface area contributed by atoms with Gasteiger partial charge in [-0.2, -0.15) is 5.26 Å². The number of nitrogens with zero attached hydrogens (tertiary/aromatic N) is 5. The highest BCUT2D eigenvalue weighted by molar-refractivity contribution is 7.98. The third-order valence-electron chi connectivity index (χ3n) is 3.27. The molecule has 0 aliphatic carbocycles. The van der Waals surface area contributed by atoms with Crippen LogP contribution in [0.1, 0.15) is 28.5 Å². The number of nitriles is 1. The number of rotatable bonds is 3. The summed E-state index contributed by atoms with van der Waals surface area (Å²) in [6, 6.07) is 3.68. The molecular formula is C15H13N5OS2. The molecule has 0 aliphatic rings. The monoisotopic (exact) mass is 343 g/mol. The van der Waals surface area contributed by atoms with E-state index in [1.807, 2.05) is 12.3 Å². The number of fused-ring (bicyclic) bond motifs is 1. The van der Waals surface area contributed by atoms with Crippen molar-refractivity contribution in [2.24, 2.45) is 0 Å². The van der Waals surface area contributed by atoms with E-state index in [4.69, 9.17) is 0 Å². The molecule has 0 amide bonds. The quantitative estimate of drug-likeness (QED) is 0.537. The maximum Gasteiger partial charge on any atom is 0.258 e. The van der Waals surface area contributed by atoms with Crippen LogP contribution in [0.15, 0.2) is 21.3 Å². The van der Waals surface area contributed by atoms with Gasteiger partial charge in [-0.3, -0.25) is 9.20 Å². The van der Waals surface area contributed by atoms with Crippen LogP contribution in [0, 0.1) is 32.1 Å². The molecule has 0 atom stereocenters. The highest BCUT2D eigenvalue weighted by Gasteiger charge is 2.12. The third-order valence-corrected chi connectivity index (χ3v) is 5.22. The van der Waals surface area contributed by atoms with Crippen LogP contribution in [0.2, 0.25) is 0 Å². The minimum atomic E-state index is -0.0834. The van der Waals surface area contributed by atoms with Crippen LogP contribution in [0.3, 0.4) is 0 Å². The van der Waals surface area contributed by atoms with Crippen molar-refractivity contribution in [1.82, 2.24) is 19.4 Å². The van der Waals surface area contributed by atoms with Crippen molar-refractivity contribution in [3.63, 3.8) is 0 Å². The van der Waals surface area contributed by atoms with E-state index in [-0.39, 0.29) is 5.56 Å². The van der Waals surface area contributed by atoms with Gasteiger partial charge in [-0.15, -0.1) is 11.3 Å². The molecule has 3 heterocycles. The molecule has 0 N–H and O–H groups in total. The Morgan fingerprint density at radius 3 is 2.83 bits per heavy atom. The molecule has 116 valence electrons. The Morgan fingerprint density at radius 2 is 2.09 bits per heavy atom. The number of aryl methyl sites for hydroxylation is 3. The highest BCUT2D eigenvalue weighted by Crippen LogP contribution is 2.25. The Kier molecular flexibility index (Phi) is 4.15. The Labute approximate surface area is 140 Å². The van der Waals surface area contributed by atoms with Gasteiger partial charge in [0, 0.05) is 22.9 Å². The first kappa shape index (κ1) is 15.6. The minimum Gasteiger partial charge on any atom is -0.269 e. The summed E-state index contributed by atoms with van der Waals surface area (Å²) in [5, 5.41) is 11.8. The Bertz CT molecular complexity index is 999. The number of hydrogen-bond donors (Lipinski definition) is 0. The van der Waals surface area contributed by atoms with E-state index in [0.717, 1.165) is 5.69 Å². The second kappa shape index (κ2) is 6.10. The first-order valence-electron chi connectivity index (χ1n) is 6.84. The fourth-order valence-electron chi connectivity index (χ4n) is 2.23. The number of thioether (sulfide) groups is 1. The molecule has 6 nitrogen and oxygen atoms in total. The molecule has 0 fully saturated rings. The van der Waals surface area contributed by atoms with Crippen LogP contribution >= 0.6 is 23.1 Å². The topological polar surface area (TPSA) is 83.9 Å². The van der Waals surface area contributed by atoms with Gasteiger partial charge < -0.3 is 0 Å². The predicted molar refractivity (Wildman–Crippen MR) is 89.9 cm³/mol. The molecule has 0 unspecified atom stereocenters. The van der Waals surface area contributed by atoms with Gasteiger partial charge in [0.05, 0.1) is 11.4 Å². The lowest BCUT2D eigenvalue weighted by Gasteiger charge is -2.06. The summed E-state index contributed by atoms with van der Waals surface area (Å²) >= 11 is 2.84. The number of aromatic nitrogens is 4. The van der Waals surface area contributed by atoms with Crippen LogP contribution in [-0.4, -0.2) is 19.4 Å². The molecule has 3 aromatic heterocycles. The maximum absolute atomic E-state index is 12.2. The molecule has 0 radical (unpaired) electrons. The lowest BCUT2D eigenvalue weighted by atomic mass is 10.3. The second-order valence-electron chi connectivity index (χ2n) is 5.02. The van der Waals surface area contributed by atoms with Crippen molar-refractivity contribution in [3.05, 3.63) is 50.3 Å². The zero-order chi connectivity index (χ0) is 16.6. The van der Waals surface area contributed by atoms with Crippen molar-refractivity contribution in [2.75, 3.05) is 0 Å². The predicted octanol–water partition coefficient (Wildman–Crippen LogP) is 2.64. The largest absolute Gasteiger partial charge is 0.269 e. The van der Waals surface area contributed by atoms with E-state index < -0.39 is 0 Å². The molecule has 3 aromatic rings. The summed E-state index contributed by atoms with van der Waals surface area (Å²) in [5.74, 6) is 1.11. The summed E-state index contributed by atoms with van der Waals surface area (Å²) in [4.78, 5) is 25.9. The summed E-state index contributed by atoms with van der Waals surface area (Å²) < 4.78 is 1.60. The molecular weight excluding hydrogens is 330 g/mol. The molecule has 8 heteroatoms. The van der Waals surface area contributed by atoms with Gasteiger partial charge >= 0.3 is 0 Å². The van der Waals surface area contributed by atoms with Gasteiger partial charge in [-0.25, -0.2) is 15.0 Å². The van der Waals surface area contributed by atoms with Gasteiger partial charge in [-0.05, 0) is 20.8 Å². The molecule has 3 rings (SSSR count). The first-order valence-corrected chi connectivity index (χ1v) is 8.71. The van der Waals surface area contributed by atoms with Crippen LogP contribution in [0.25, 0.3) is 4.96 Å². The summed E-state index contributed by atoms with van der Waals surface area (Å²) in [5.41, 5.74) is 2.63. The first-order chi connectivity index (χ1) is 11.0. The third kappa shape index (κ3) is 2.98. The molecule has 0 saturated heterocycles. The Hall–Kier alpha value is -2.24. The zero-order valence-corrected chi connectivity index (χ0v) is 14.5. The van der Waals surface area contributed by atoms with Crippen LogP contribution in [0.5, 0.6) is 0 Å². The van der Waals surface area contributed by atoms with Crippen molar-refractivity contribution in [3.8, 4) is 6.07 Å². The molecule has 0 spiro atoms. The van der Waals surface area contributed by atoms with Crippen molar-refractivity contribution in [1.29, 1.82) is 5.26 Å². The van der Waals surface area contributed by atoms with Gasteiger partial charge in [0.1, 0.15) is 22.5 Å². The average molecular weight is 343 g/mol. The van der Waals surface area contributed by atoms with Gasteiger partial charge in [0.15, 0.2) is 4.96 Å². The van der Waals surface area contributed by atoms with Gasteiger partial charge in [0.2, 0.25) is 0 Å². The fourth-order valence-corrected chi connectivity index (χ4v) is 4.09. The van der Waals surface area contributed by atoms with E-state index in [2.05, 4.69) is 21.0 Å². The zero-order valence-electron chi connectivity index (χ0n) is 12.8. The Balaban J connectivity index is 1.93. The van der Waals surface area contributed by atoms with Gasteiger partial charge in [0.25, 0.3) is 5.56 Å². The van der Waals surface area contributed by atoms with E-state index in [1.165, 1.54) is 29.2 Å². The van der Waals surface area contributed by atoms with Crippen molar-refractivity contribution < 1.29 is 0 Å². The van der Waals surface area contributed by atoms with E-state index in [0.29, 0.717) is 38.5 Å². The molecule has 23 heavy (non-hydrogen) atoms. The molecule has 0 aliphatic heterocycles. The SMILES string of the molecule is Cc1nc(C)c(C#N)c(SCc2cc(=O)n3c(C)csc3n2)n1. The minimum absolute atomic E-state index is 0.0834. The van der Waals surface area contributed by atoms with E-state index in [9.17, 15) is 10.1 Å². The normalized spacial score (nSPS) is 10.9. The van der Waals surface area contributed by atoms with Gasteiger partial charge in [-0.1, -0.05) is 11.8 Å². The molecule has 0 saturated carbocycles. The number of hydrogen-bond acceptors (Lipinski definition) is 7. The van der Waals surface area contributed by atoms with Crippen molar-refractivity contribution >= 4 is 28.1 Å². The fraction of sp³-hybridized carbons (Fsp3) is 0.267. The second-order valence-corrected chi connectivity index (χ2v) is 6.82. The van der Waals surface area contributed by atoms with E-state index >= 15 is 0 Å². The molecule has 0 aromatic carbocycles. The average Bonchev–Trinajstić information content (AvgIpc) is 2.86. The van der Waals surface area contributed by atoms with Crippen LogP contribution in [0.4, 0.5) is 0 Å². The lowest BCUT2D eigenvalue weighted by molar-refractivity contribution is 0.922. The summed E-state index contributed by atoms with van der Waals surface area (Å²) in [6.07, 6.45) is 0. The van der Waals surface area contributed by atoms with Crippen LogP contribution < -0.4 is 5.56 Å². The van der Waals surface area contributed by atoms with E-state index in [1.54, 1.807) is 18.2 Å². The lowest BCUT2D eigenvalue weighted by Crippen LogP contribution is -2.14. The summed E-state index contributed by atoms with van der Waals surface area (Å²) in [7, 11) is 0. The van der Waals surface area contributed by atoms with Crippen LogP contribution in [-0.2, 0) is 5.75 Å². The maximum atomic E-state index is 12.2. The van der Waals surface area contributed by atoms with Crippen molar-refractivity contribution in [2.45, 2.75) is 31.6 Å².